The smallest absolute Gasteiger partial charge is 0.341 e. The van der Waals surface area contributed by atoms with E-state index in [1.807, 2.05) is 48.5 Å². The van der Waals surface area contributed by atoms with Gasteiger partial charge in [0.15, 0.2) is 5.11 Å². The van der Waals surface area contributed by atoms with Crippen molar-refractivity contribution in [1.82, 2.24) is 10.3 Å². The first-order chi connectivity index (χ1) is 20.8. The molecule has 1 aliphatic carbocycles. The summed E-state index contributed by atoms with van der Waals surface area (Å²) in [4.78, 5) is 32.7. The fourth-order valence-electron chi connectivity index (χ4n) is 5.33. The predicted molar refractivity (Wildman–Crippen MR) is 177 cm³/mol. The van der Waals surface area contributed by atoms with E-state index in [0.29, 0.717) is 51.2 Å². The number of nitrogens with one attached hydrogen (secondary N) is 2. The molecule has 0 saturated carbocycles. The third kappa shape index (κ3) is 7.05. The Morgan fingerprint density at radius 2 is 1.93 bits per heavy atom. The molecule has 2 N–H and O–H groups in total. The number of para-hydroxylation sites is 1. The molecule has 4 aromatic rings. The van der Waals surface area contributed by atoms with Crippen molar-refractivity contribution >= 4 is 56.4 Å². The average molecular weight is 616 g/mol. The Morgan fingerprint density at radius 3 is 2.70 bits per heavy atom. The Balaban J connectivity index is 1.41. The van der Waals surface area contributed by atoms with Crippen LogP contribution in [0, 0.1) is 11.8 Å². The molecule has 1 atom stereocenters. The highest BCUT2D eigenvalue weighted by molar-refractivity contribution is 7.80. The molecule has 0 aliphatic heterocycles. The van der Waals surface area contributed by atoms with Gasteiger partial charge in [0.05, 0.1) is 35.6 Å². The van der Waals surface area contributed by atoms with Crippen LogP contribution < -0.4 is 15.4 Å². The highest BCUT2D eigenvalue weighted by Crippen LogP contribution is 2.41. The Morgan fingerprint density at radius 1 is 1.12 bits per heavy atom. The number of rotatable bonds is 9. The molecule has 0 bridgehead atoms. The Bertz CT molecular complexity index is 1660. The Hall–Kier alpha value is -3.82. The van der Waals surface area contributed by atoms with Crippen molar-refractivity contribution in [2.24, 2.45) is 11.8 Å². The minimum absolute atomic E-state index is 0.118. The van der Waals surface area contributed by atoms with E-state index in [4.69, 9.17) is 26.7 Å². The predicted octanol–water partition coefficient (Wildman–Crippen LogP) is 7.82. The summed E-state index contributed by atoms with van der Waals surface area (Å²) in [5.41, 5.74) is 4.20. The van der Waals surface area contributed by atoms with E-state index in [1.165, 1.54) is 16.2 Å². The molecule has 0 radical (unpaired) electrons. The van der Waals surface area contributed by atoms with Crippen LogP contribution in [0.4, 0.5) is 5.00 Å². The number of ether oxygens (including phenoxy) is 2. The number of hydrogen-bond donors (Lipinski definition) is 2. The van der Waals surface area contributed by atoms with E-state index >= 15 is 0 Å². The maximum absolute atomic E-state index is 13.7. The minimum atomic E-state index is -0.366. The lowest BCUT2D eigenvalue weighted by molar-refractivity contribution is 0.0526. The number of fused-ring (bicyclic) bond motifs is 2. The van der Waals surface area contributed by atoms with E-state index in [9.17, 15) is 9.59 Å². The molecule has 1 aliphatic rings. The van der Waals surface area contributed by atoms with Gasteiger partial charge in [-0.3, -0.25) is 10.1 Å². The number of thiocarbonyl (C=S) groups is 1. The van der Waals surface area contributed by atoms with Crippen LogP contribution in [-0.4, -0.2) is 35.2 Å². The summed E-state index contributed by atoms with van der Waals surface area (Å²) in [6, 6.07) is 17.0. The Kier molecular flexibility index (Phi) is 9.72. The second-order valence-corrected chi connectivity index (χ2v) is 12.7. The van der Waals surface area contributed by atoms with Crippen LogP contribution in [0.25, 0.3) is 22.2 Å². The van der Waals surface area contributed by atoms with E-state index in [1.54, 1.807) is 13.0 Å². The molecule has 43 heavy (non-hydrogen) atoms. The van der Waals surface area contributed by atoms with Crippen molar-refractivity contribution in [3.05, 3.63) is 76.2 Å². The number of carbonyl (C=O) groups is 2. The third-order valence-electron chi connectivity index (χ3n) is 7.55. The summed E-state index contributed by atoms with van der Waals surface area (Å²) in [6.07, 6.45) is 3.89. The molecule has 224 valence electrons. The monoisotopic (exact) mass is 615 g/mol. The number of aromatic nitrogens is 1. The van der Waals surface area contributed by atoms with Gasteiger partial charge in [-0.2, -0.15) is 0 Å². The molecule has 0 unspecified atom stereocenters. The lowest BCUT2D eigenvalue weighted by Gasteiger charge is -2.21. The van der Waals surface area contributed by atoms with E-state index < -0.39 is 0 Å². The van der Waals surface area contributed by atoms with Crippen LogP contribution in [-0.2, 0) is 17.6 Å². The van der Waals surface area contributed by atoms with Gasteiger partial charge >= 0.3 is 5.97 Å². The van der Waals surface area contributed by atoms with Crippen LogP contribution in [0.3, 0.4) is 0 Å². The van der Waals surface area contributed by atoms with E-state index in [-0.39, 0.29) is 23.6 Å². The molecule has 0 spiro atoms. The molecule has 2 aromatic heterocycles. The van der Waals surface area contributed by atoms with Crippen LogP contribution in [0.5, 0.6) is 5.75 Å². The average Bonchev–Trinajstić information content (AvgIpc) is 3.36. The molecule has 1 amide bonds. The maximum atomic E-state index is 13.7. The number of pyridine rings is 1. The molecular weight excluding hydrogens is 579 g/mol. The highest BCUT2D eigenvalue weighted by atomic mass is 32.1. The lowest BCUT2D eigenvalue weighted by Crippen LogP contribution is -2.34. The largest absolute Gasteiger partial charge is 0.493 e. The fourth-order valence-corrected chi connectivity index (χ4v) is 6.95. The van der Waals surface area contributed by atoms with Crippen molar-refractivity contribution in [2.75, 3.05) is 18.5 Å². The lowest BCUT2D eigenvalue weighted by atomic mass is 9.86. The van der Waals surface area contributed by atoms with Gasteiger partial charge in [0.25, 0.3) is 5.91 Å². The topological polar surface area (TPSA) is 89.6 Å². The van der Waals surface area contributed by atoms with Crippen LogP contribution in [0.2, 0.25) is 0 Å². The van der Waals surface area contributed by atoms with Gasteiger partial charge in [-0.05, 0) is 80.1 Å². The first-order valence-corrected chi connectivity index (χ1v) is 16.1. The maximum Gasteiger partial charge on any atom is 0.341 e. The zero-order chi connectivity index (χ0) is 30.5. The quantitative estimate of drug-likeness (QED) is 0.147. The first kappa shape index (κ1) is 30.6. The van der Waals surface area contributed by atoms with Gasteiger partial charge < -0.3 is 14.8 Å². The minimum Gasteiger partial charge on any atom is -0.493 e. The normalized spacial score (nSPS) is 14.3. The number of thiophene rings is 1. The van der Waals surface area contributed by atoms with Gasteiger partial charge in [0.1, 0.15) is 10.8 Å². The number of benzene rings is 2. The van der Waals surface area contributed by atoms with E-state index in [2.05, 4.69) is 31.4 Å². The molecule has 2 aromatic carbocycles. The number of esters is 1. The SMILES string of the molecule is CCOC(=O)c1c(NC(=S)NC(=O)c2cc(-c3cccc(OCC(C)C)c3)nc3ccccc23)sc2c1CC[C@@H](CC)C2. The number of hydrogen-bond acceptors (Lipinski definition) is 7. The standard InChI is InChI=1S/C34H37N3O4S2/c1-5-21-14-15-25-29(16-21)43-32(30(25)33(39)40-6-2)37-34(42)36-31(38)26-18-28(35-27-13-8-7-12-24(26)27)22-10-9-11-23(17-22)41-19-20(3)4/h7-13,17-18,20-21H,5-6,14-16,19H2,1-4H3,(H2,36,37,38,42)/t21-/m1/s1. The fraction of sp³-hybridized carbons (Fsp3) is 0.353. The summed E-state index contributed by atoms with van der Waals surface area (Å²) < 4.78 is 11.3. The zero-order valence-electron chi connectivity index (χ0n) is 25.0. The zero-order valence-corrected chi connectivity index (χ0v) is 26.6. The summed E-state index contributed by atoms with van der Waals surface area (Å²) in [5, 5.41) is 7.44. The summed E-state index contributed by atoms with van der Waals surface area (Å²) >= 11 is 7.13. The van der Waals surface area contributed by atoms with Crippen molar-refractivity contribution in [1.29, 1.82) is 0 Å². The van der Waals surface area contributed by atoms with Crippen molar-refractivity contribution in [3.8, 4) is 17.0 Å². The summed E-state index contributed by atoms with van der Waals surface area (Å²) in [7, 11) is 0. The van der Waals surface area contributed by atoms with Gasteiger partial charge in [-0.1, -0.05) is 57.5 Å². The number of amides is 1. The van der Waals surface area contributed by atoms with Gasteiger partial charge in [-0.15, -0.1) is 11.3 Å². The number of carbonyl (C=O) groups excluding carboxylic acids is 2. The second kappa shape index (κ2) is 13.7. The molecular formula is C34H37N3O4S2. The summed E-state index contributed by atoms with van der Waals surface area (Å²) in [5.74, 6) is 1.01. The molecule has 0 saturated heterocycles. The second-order valence-electron chi connectivity index (χ2n) is 11.2. The van der Waals surface area contributed by atoms with E-state index in [0.717, 1.165) is 42.6 Å². The van der Waals surface area contributed by atoms with Crippen molar-refractivity contribution in [3.63, 3.8) is 0 Å². The van der Waals surface area contributed by atoms with Gasteiger partial charge in [-0.25, -0.2) is 9.78 Å². The molecule has 7 nitrogen and oxygen atoms in total. The van der Waals surface area contributed by atoms with Crippen molar-refractivity contribution in [2.45, 2.75) is 53.4 Å². The number of anilines is 1. The Labute approximate surface area is 262 Å². The molecule has 5 rings (SSSR count). The van der Waals surface area contributed by atoms with Gasteiger partial charge in [0.2, 0.25) is 0 Å². The van der Waals surface area contributed by atoms with Gasteiger partial charge in [0, 0.05) is 15.8 Å². The highest BCUT2D eigenvalue weighted by Gasteiger charge is 2.30. The summed E-state index contributed by atoms with van der Waals surface area (Å²) in [6.45, 7) is 9.09. The third-order valence-corrected chi connectivity index (χ3v) is 8.93. The van der Waals surface area contributed by atoms with Crippen LogP contribution in [0.15, 0.2) is 54.6 Å². The molecule has 2 heterocycles. The molecule has 0 fully saturated rings. The number of nitrogens with zero attached hydrogens (tertiary/aromatic N) is 1. The van der Waals surface area contributed by atoms with Crippen LogP contribution >= 0.6 is 23.6 Å². The van der Waals surface area contributed by atoms with Crippen molar-refractivity contribution < 1.29 is 19.1 Å². The molecule has 9 heteroatoms. The first-order valence-electron chi connectivity index (χ1n) is 14.8. The van der Waals surface area contributed by atoms with Crippen LogP contribution in [0.1, 0.15) is 71.7 Å².